The van der Waals surface area contributed by atoms with Gasteiger partial charge in [-0.25, -0.2) is 0 Å². The van der Waals surface area contributed by atoms with Crippen LogP contribution in [0.3, 0.4) is 0 Å². The minimum atomic E-state index is -0.450. The minimum Gasteiger partial charge on any atom is -0.262 e. The smallest absolute Gasteiger partial charge is 0.0605 e. The largest absolute Gasteiger partial charge is 0.262 e. The number of rotatable bonds is 4. The molecular weight excluding hydrogens is 282 g/mol. The quantitative estimate of drug-likeness (QED) is 0.666. The number of nitrogens with zero attached hydrogens (tertiary/aromatic N) is 1. The van der Waals surface area contributed by atoms with Gasteiger partial charge in [-0.3, -0.25) is 4.98 Å². The summed E-state index contributed by atoms with van der Waals surface area (Å²) in [5, 5.41) is 0.458. The van der Waals surface area contributed by atoms with Crippen molar-refractivity contribution in [2.24, 2.45) is 23.2 Å². The lowest BCUT2D eigenvalue weighted by atomic mass is 9.69. The monoisotopic (exact) mass is 314 g/mol. The average molecular weight is 315 g/mol. The van der Waals surface area contributed by atoms with E-state index < -0.39 is 8.80 Å². The Morgan fingerprint density at radius 1 is 1.23 bits per heavy atom. The van der Waals surface area contributed by atoms with Crippen LogP contribution in [0.15, 0.2) is 24.4 Å². The van der Waals surface area contributed by atoms with Gasteiger partial charge in [0.15, 0.2) is 0 Å². The van der Waals surface area contributed by atoms with Crippen LogP contribution in [0.4, 0.5) is 0 Å². The second-order valence-electron chi connectivity index (χ2n) is 9.25. The van der Waals surface area contributed by atoms with E-state index in [1.807, 2.05) is 12.3 Å². The molecule has 0 aromatic carbocycles. The Morgan fingerprint density at radius 2 is 2.00 bits per heavy atom. The summed E-state index contributed by atoms with van der Waals surface area (Å²) >= 11 is 0. The van der Waals surface area contributed by atoms with Gasteiger partial charge in [0.1, 0.15) is 0 Å². The van der Waals surface area contributed by atoms with Gasteiger partial charge in [0.25, 0.3) is 0 Å². The fourth-order valence-electron chi connectivity index (χ4n) is 5.03. The van der Waals surface area contributed by atoms with Gasteiger partial charge < -0.3 is 0 Å². The van der Waals surface area contributed by atoms with Crippen molar-refractivity contribution in [3.63, 3.8) is 0 Å². The molecule has 3 atom stereocenters. The molecule has 3 rings (SSSR count). The number of pyridine rings is 1. The molecule has 0 N–H and O–H groups in total. The molecular formula is C20H32NSi. The number of aromatic nitrogens is 1. The molecule has 1 heterocycles. The van der Waals surface area contributed by atoms with Gasteiger partial charge >= 0.3 is 0 Å². The lowest BCUT2D eigenvalue weighted by molar-refractivity contribution is 0.136. The number of fused-ring (bicyclic) bond motifs is 2. The van der Waals surface area contributed by atoms with Crippen LogP contribution in [-0.4, -0.2) is 13.8 Å². The van der Waals surface area contributed by atoms with Crippen LogP contribution in [0.2, 0.25) is 11.1 Å². The van der Waals surface area contributed by atoms with E-state index in [9.17, 15) is 0 Å². The van der Waals surface area contributed by atoms with Crippen LogP contribution in [0, 0.1) is 23.2 Å². The molecule has 0 unspecified atom stereocenters. The first kappa shape index (κ1) is 16.2. The van der Waals surface area contributed by atoms with Crippen LogP contribution < -0.4 is 0 Å². The highest BCUT2D eigenvalue weighted by atomic mass is 28.3. The fourth-order valence-corrected chi connectivity index (χ4v) is 8.35. The highest BCUT2D eigenvalue weighted by molar-refractivity contribution is 6.61. The summed E-state index contributed by atoms with van der Waals surface area (Å²) in [6.07, 6.45) is 6.47. The Labute approximate surface area is 138 Å². The predicted octanol–water partition coefficient (Wildman–Crippen LogP) is 5.53. The first-order chi connectivity index (χ1) is 10.3. The molecule has 2 heteroatoms. The van der Waals surface area contributed by atoms with Crippen molar-refractivity contribution in [2.45, 2.75) is 71.0 Å². The third kappa shape index (κ3) is 3.04. The van der Waals surface area contributed by atoms with Gasteiger partial charge in [-0.1, -0.05) is 46.7 Å². The molecule has 2 saturated carbocycles. The van der Waals surface area contributed by atoms with E-state index in [1.165, 1.54) is 37.0 Å². The maximum atomic E-state index is 4.62. The first-order valence-corrected chi connectivity index (χ1v) is 10.9. The Morgan fingerprint density at radius 3 is 2.55 bits per heavy atom. The van der Waals surface area contributed by atoms with Crippen LogP contribution in [-0.2, 0) is 6.04 Å². The normalized spacial score (nSPS) is 30.2. The zero-order chi connectivity index (χ0) is 16.0. The second kappa shape index (κ2) is 5.78. The molecule has 0 saturated heterocycles. The molecule has 22 heavy (non-hydrogen) atoms. The maximum absolute atomic E-state index is 4.62. The van der Waals surface area contributed by atoms with E-state index in [4.69, 9.17) is 0 Å². The molecule has 121 valence electrons. The van der Waals surface area contributed by atoms with Crippen molar-refractivity contribution < 1.29 is 0 Å². The highest BCUT2D eigenvalue weighted by Gasteiger charge is 2.53. The van der Waals surface area contributed by atoms with E-state index in [2.05, 4.69) is 51.7 Å². The zero-order valence-corrected chi connectivity index (χ0v) is 16.0. The van der Waals surface area contributed by atoms with Crippen LogP contribution in [0.5, 0.6) is 0 Å². The van der Waals surface area contributed by atoms with Gasteiger partial charge in [0.05, 0.1) is 8.80 Å². The number of hydrogen-bond donors (Lipinski definition) is 0. The van der Waals surface area contributed by atoms with Crippen molar-refractivity contribution in [3.05, 3.63) is 30.1 Å². The van der Waals surface area contributed by atoms with Crippen LogP contribution in [0.1, 0.15) is 59.6 Å². The standard InChI is InChI=1S/C20H32NSi/c1-19(2,3)22(13-17-8-6-7-11-21-17)14-18-15-9-10-16(12-15)20(18,4)5/h6-8,11,15-16,18H,9-10,12-14H2,1-5H3/t15-,16+,18-/m1/s1. The third-order valence-electron chi connectivity index (χ3n) is 6.70. The summed E-state index contributed by atoms with van der Waals surface area (Å²) in [5.41, 5.74) is 1.89. The van der Waals surface area contributed by atoms with Crippen molar-refractivity contribution in [2.75, 3.05) is 0 Å². The van der Waals surface area contributed by atoms with Gasteiger partial charge in [0, 0.05) is 11.9 Å². The summed E-state index contributed by atoms with van der Waals surface area (Å²) in [4.78, 5) is 4.62. The van der Waals surface area contributed by atoms with Gasteiger partial charge in [-0.2, -0.15) is 0 Å². The Bertz CT molecular complexity index is 502. The van der Waals surface area contributed by atoms with E-state index in [1.54, 1.807) is 0 Å². The molecule has 2 bridgehead atoms. The third-order valence-corrected chi connectivity index (χ3v) is 10.5. The summed E-state index contributed by atoms with van der Waals surface area (Å²) in [6.45, 7) is 12.5. The van der Waals surface area contributed by atoms with E-state index in [-0.39, 0.29) is 0 Å². The molecule has 0 amide bonds. The van der Waals surface area contributed by atoms with E-state index >= 15 is 0 Å². The molecule has 1 radical (unpaired) electrons. The molecule has 0 aliphatic heterocycles. The first-order valence-electron chi connectivity index (χ1n) is 9.03. The van der Waals surface area contributed by atoms with Gasteiger partial charge in [-0.15, -0.1) is 0 Å². The summed E-state index contributed by atoms with van der Waals surface area (Å²) in [6, 6.07) is 9.12. The zero-order valence-electron chi connectivity index (χ0n) is 15.0. The molecule has 1 aromatic heterocycles. The van der Waals surface area contributed by atoms with Crippen molar-refractivity contribution >= 4 is 8.80 Å². The predicted molar refractivity (Wildman–Crippen MR) is 96.3 cm³/mol. The lowest BCUT2D eigenvalue weighted by Crippen LogP contribution is -2.38. The molecule has 2 aliphatic carbocycles. The van der Waals surface area contributed by atoms with E-state index in [0.29, 0.717) is 10.5 Å². The summed E-state index contributed by atoms with van der Waals surface area (Å²) < 4.78 is 0. The Balaban J connectivity index is 1.76. The molecule has 0 spiro atoms. The maximum Gasteiger partial charge on any atom is 0.0605 e. The molecule has 2 aliphatic rings. The lowest BCUT2D eigenvalue weighted by Gasteiger charge is -2.42. The SMILES string of the molecule is CC1(C)[C@H]2CC[C@H](C2)[C@H]1C[Si](Cc1ccccn1)C(C)(C)C. The highest BCUT2D eigenvalue weighted by Crippen LogP contribution is 2.61. The second-order valence-corrected chi connectivity index (χ2v) is 12.7. The molecule has 2 fully saturated rings. The summed E-state index contributed by atoms with van der Waals surface area (Å²) in [7, 11) is -0.450. The molecule has 1 nitrogen and oxygen atoms in total. The average Bonchev–Trinajstić information content (AvgIpc) is 3.00. The van der Waals surface area contributed by atoms with Crippen LogP contribution >= 0.6 is 0 Å². The van der Waals surface area contributed by atoms with Crippen molar-refractivity contribution in [3.8, 4) is 0 Å². The molecule has 1 aromatic rings. The summed E-state index contributed by atoms with van der Waals surface area (Å²) in [5.74, 6) is 2.98. The van der Waals surface area contributed by atoms with Crippen molar-refractivity contribution in [1.82, 2.24) is 4.98 Å². The van der Waals surface area contributed by atoms with E-state index in [0.717, 1.165) is 17.8 Å². The fraction of sp³-hybridized carbons (Fsp3) is 0.750. The number of hydrogen-bond acceptors (Lipinski definition) is 1. The van der Waals surface area contributed by atoms with Crippen molar-refractivity contribution in [1.29, 1.82) is 0 Å². The topological polar surface area (TPSA) is 12.9 Å². The Kier molecular flexibility index (Phi) is 4.26. The minimum absolute atomic E-state index is 0.450. The Hall–Kier alpha value is -0.633. The van der Waals surface area contributed by atoms with Crippen LogP contribution in [0.25, 0.3) is 0 Å². The van der Waals surface area contributed by atoms with Gasteiger partial charge in [-0.05, 0) is 65.6 Å². The van der Waals surface area contributed by atoms with Gasteiger partial charge in [0.2, 0.25) is 0 Å².